The summed E-state index contributed by atoms with van der Waals surface area (Å²) in [7, 11) is 1.66. The third kappa shape index (κ3) is 4.71. The van der Waals surface area contributed by atoms with Crippen LogP contribution in [0.1, 0.15) is 25.5 Å². The summed E-state index contributed by atoms with van der Waals surface area (Å²) in [5, 5.41) is 14.1. The Hall–Kier alpha value is -3.13. The fourth-order valence-electron chi connectivity index (χ4n) is 3.59. The van der Waals surface area contributed by atoms with Gasteiger partial charge in [-0.1, -0.05) is 13.0 Å². The molecule has 8 nitrogen and oxygen atoms in total. The zero-order chi connectivity index (χ0) is 20.8. The molecule has 4 rings (SSSR count). The molecule has 0 radical (unpaired) electrons. The van der Waals surface area contributed by atoms with Crippen molar-refractivity contribution in [1.82, 2.24) is 25.5 Å². The number of anilines is 2. The number of aromatic nitrogens is 4. The molecule has 0 saturated carbocycles. The fourth-order valence-corrected chi connectivity index (χ4v) is 3.59. The summed E-state index contributed by atoms with van der Waals surface area (Å²) in [6.45, 7) is 4.81. The van der Waals surface area contributed by atoms with Crippen LogP contribution in [0.2, 0.25) is 0 Å². The van der Waals surface area contributed by atoms with Crippen LogP contribution in [-0.2, 0) is 6.42 Å². The fraction of sp³-hybridized carbons (Fsp3) is 0.409. The normalized spacial score (nSPS) is 16.3. The molecule has 0 bridgehead atoms. The van der Waals surface area contributed by atoms with Crippen LogP contribution in [-0.4, -0.2) is 47.0 Å². The average Bonchev–Trinajstić information content (AvgIpc) is 3.26. The number of rotatable bonds is 8. The Morgan fingerprint density at radius 1 is 1.17 bits per heavy atom. The standard InChI is InChI=1S/C22H28N6O2/c1-3-16-12-25-21(13-24-16)26-20-10-17(27-28-20)22-18(29-2)7-4-8-19(22)30-14-15-6-5-9-23-11-15/h4,7-8,10,12-13,15,23H,3,5-6,9,11,14H2,1-2H3,(H2,25,26,27,28). The number of benzene rings is 1. The highest BCUT2D eigenvalue weighted by atomic mass is 16.5. The van der Waals surface area contributed by atoms with Gasteiger partial charge in [-0.2, -0.15) is 5.10 Å². The van der Waals surface area contributed by atoms with Crippen LogP contribution in [0.3, 0.4) is 0 Å². The molecule has 3 heterocycles. The van der Waals surface area contributed by atoms with Gasteiger partial charge in [-0.25, -0.2) is 4.98 Å². The van der Waals surface area contributed by atoms with Gasteiger partial charge in [0.25, 0.3) is 0 Å². The second-order valence-corrected chi connectivity index (χ2v) is 7.40. The summed E-state index contributed by atoms with van der Waals surface area (Å²) in [5.74, 6) is 3.32. The van der Waals surface area contributed by atoms with Crippen molar-refractivity contribution in [2.45, 2.75) is 26.2 Å². The minimum atomic E-state index is 0.515. The molecule has 1 aliphatic rings. The van der Waals surface area contributed by atoms with E-state index in [4.69, 9.17) is 9.47 Å². The first kappa shape index (κ1) is 20.2. The number of nitrogens with zero attached hydrogens (tertiary/aromatic N) is 3. The molecule has 1 aliphatic heterocycles. The molecule has 1 aromatic carbocycles. The van der Waals surface area contributed by atoms with E-state index < -0.39 is 0 Å². The van der Waals surface area contributed by atoms with Gasteiger partial charge in [-0.3, -0.25) is 10.1 Å². The molecule has 158 valence electrons. The van der Waals surface area contributed by atoms with Crippen molar-refractivity contribution in [1.29, 1.82) is 0 Å². The molecule has 1 atom stereocenters. The average molecular weight is 409 g/mol. The van der Waals surface area contributed by atoms with Crippen molar-refractivity contribution in [3.8, 4) is 22.8 Å². The lowest BCUT2D eigenvalue weighted by molar-refractivity contribution is 0.218. The lowest BCUT2D eigenvalue weighted by Crippen LogP contribution is -2.33. The lowest BCUT2D eigenvalue weighted by Gasteiger charge is -2.23. The third-order valence-corrected chi connectivity index (χ3v) is 5.25. The SMILES string of the molecule is CCc1cnc(Nc2cc(-c3c(OC)cccc3OCC3CCCNC3)[nH]n2)cn1. The minimum absolute atomic E-state index is 0.515. The summed E-state index contributed by atoms with van der Waals surface area (Å²) < 4.78 is 11.8. The van der Waals surface area contributed by atoms with Crippen molar-refractivity contribution >= 4 is 11.6 Å². The van der Waals surface area contributed by atoms with Crippen molar-refractivity contribution in [3.63, 3.8) is 0 Å². The first-order valence-electron chi connectivity index (χ1n) is 10.4. The second-order valence-electron chi connectivity index (χ2n) is 7.40. The van der Waals surface area contributed by atoms with E-state index >= 15 is 0 Å². The van der Waals surface area contributed by atoms with Crippen LogP contribution >= 0.6 is 0 Å². The van der Waals surface area contributed by atoms with E-state index in [-0.39, 0.29) is 0 Å². The highest BCUT2D eigenvalue weighted by Gasteiger charge is 2.18. The number of nitrogens with one attached hydrogen (secondary N) is 3. The number of aromatic amines is 1. The minimum Gasteiger partial charge on any atom is -0.496 e. The summed E-state index contributed by atoms with van der Waals surface area (Å²) in [6.07, 6.45) is 6.71. The Labute approximate surface area is 176 Å². The molecule has 30 heavy (non-hydrogen) atoms. The van der Waals surface area contributed by atoms with Gasteiger partial charge < -0.3 is 20.1 Å². The molecule has 0 amide bonds. The first-order chi connectivity index (χ1) is 14.8. The third-order valence-electron chi connectivity index (χ3n) is 5.25. The number of aryl methyl sites for hydroxylation is 1. The number of ether oxygens (including phenoxy) is 2. The van der Waals surface area contributed by atoms with E-state index in [1.807, 2.05) is 24.3 Å². The predicted molar refractivity (Wildman–Crippen MR) is 116 cm³/mol. The van der Waals surface area contributed by atoms with Gasteiger partial charge >= 0.3 is 0 Å². The zero-order valence-electron chi connectivity index (χ0n) is 17.4. The highest BCUT2D eigenvalue weighted by molar-refractivity contribution is 5.76. The van der Waals surface area contributed by atoms with Crippen LogP contribution in [0.15, 0.2) is 36.7 Å². The maximum Gasteiger partial charge on any atom is 0.153 e. The molecule has 2 aromatic heterocycles. The molecule has 8 heteroatoms. The number of methoxy groups -OCH3 is 1. The van der Waals surface area contributed by atoms with Gasteiger partial charge in [0.05, 0.1) is 43.1 Å². The van der Waals surface area contributed by atoms with E-state index in [0.717, 1.165) is 48.0 Å². The predicted octanol–water partition coefficient (Wildman–Crippen LogP) is 3.56. The topological polar surface area (TPSA) is 97.0 Å². The smallest absolute Gasteiger partial charge is 0.153 e. The molecule has 1 fully saturated rings. The van der Waals surface area contributed by atoms with Gasteiger partial charge in [-0.05, 0) is 37.9 Å². The zero-order valence-corrected chi connectivity index (χ0v) is 17.4. The van der Waals surface area contributed by atoms with Crippen LogP contribution in [0.4, 0.5) is 11.6 Å². The van der Waals surface area contributed by atoms with Crippen LogP contribution in [0.5, 0.6) is 11.5 Å². The number of hydrogen-bond donors (Lipinski definition) is 3. The molecule has 1 unspecified atom stereocenters. The van der Waals surface area contributed by atoms with Crippen LogP contribution in [0, 0.1) is 5.92 Å². The number of H-pyrrole nitrogens is 1. The lowest BCUT2D eigenvalue weighted by atomic mass is 10.0. The maximum absolute atomic E-state index is 6.22. The van der Waals surface area contributed by atoms with Gasteiger partial charge in [0.2, 0.25) is 0 Å². The Kier molecular flexibility index (Phi) is 6.44. The highest BCUT2D eigenvalue weighted by Crippen LogP contribution is 2.38. The molecule has 0 spiro atoms. The van der Waals surface area contributed by atoms with E-state index in [1.54, 1.807) is 19.5 Å². The molecule has 0 aliphatic carbocycles. The molecular formula is C22H28N6O2. The molecule has 3 aromatic rings. The summed E-state index contributed by atoms with van der Waals surface area (Å²) in [4.78, 5) is 8.74. The Morgan fingerprint density at radius 3 is 2.80 bits per heavy atom. The van der Waals surface area contributed by atoms with E-state index in [9.17, 15) is 0 Å². The monoisotopic (exact) mass is 408 g/mol. The van der Waals surface area contributed by atoms with E-state index in [2.05, 4.69) is 37.7 Å². The second kappa shape index (κ2) is 9.58. The Balaban J connectivity index is 1.53. The molecule has 3 N–H and O–H groups in total. The van der Waals surface area contributed by atoms with Crippen molar-refractivity contribution in [2.75, 3.05) is 32.1 Å². The van der Waals surface area contributed by atoms with Gasteiger partial charge in [-0.15, -0.1) is 0 Å². The van der Waals surface area contributed by atoms with Crippen molar-refractivity contribution < 1.29 is 9.47 Å². The Bertz CT molecular complexity index is 951. The first-order valence-corrected chi connectivity index (χ1v) is 10.4. The van der Waals surface area contributed by atoms with Crippen molar-refractivity contribution in [3.05, 3.63) is 42.4 Å². The summed E-state index contributed by atoms with van der Waals surface area (Å²) >= 11 is 0. The van der Waals surface area contributed by atoms with Gasteiger partial charge in [0.15, 0.2) is 5.82 Å². The quantitative estimate of drug-likeness (QED) is 0.524. The van der Waals surface area contributed by atoms with Crippen molar-refractivity contribution in [2.24, 2.45) is 5.92 Å². The van der Waals surface area contributed by atoms with Gasteiger partial charge in [0.1, 0.15) is 17.3 Å². The Morgan fingerprint density at radius 2 is 2.07 bits per heavy atom. The number of piperidine rings is 1. The molecule has 1 saturated heterocycles. The maximum atomic E-state index is 6.22. The van der Waals surface area contributed by atoms with Crippen LogP contribution < -0.4 is 20.1 Å². The molecular weight excluding hydrogens is 380 g/mol. The van der Waals surface area contributed by atoms with Crippen LogP contribution in [0.25, 0.3) is 11.3 Å². The largest absolute Gasteiger partial charge is 0.496 e. The van der Waals surface area contributed by atoms with Gasteiger partial charge in [0, 0.05) is 18.5 Å². The van der Waals surface area contributed by atoms with E-state index in [0.29, 0.717) is 24.2 Å². The summed E-state index contributed by atoms with van der Waals surface area (Å²) in [5.41, 5.74) is 2.62. The van der Waals surface area contributed by atoms with E-state index in [1.165, 1.54) is 12.8 Å². The number of hydrogen-bond acceptors (Lipinski definition) is 7. The summed E-state index contributed by atoms with van der Waals surface area (Å²) in [6, 6.07) is 7.75.